The fourth-order valence-corrected chi connectivity index (χ4v) is 3.00. The van der Waals surface area contributed by atoms with Crippen LogP contribution in [0.15, 0.2) is 59.6 Å². The van der Waals surface area contributed by atoms with Crippen LogP contribution in [0, 0.1) is 5.82 Å². The molecule has 3 rings (SSSR count). The van der Waals surface area contributed by atoms with Gasteiger partial charge in [0, 0.05) is 19.0 Å². The molecule has 1 unspecified atom stereocenters. The zero-order valence-electron chi connectivity index (χ0n) is 14.6. The van der Waals surface area contributed by atoms with Crippen molar-refractivity contribution >= 4 is 29.9 Å². The van der Waals surface area contributed by atoms with Crippen LogP contribution in [-0.4, -0.2) is 19.6 Å². The highest BCUT2D eigenvalue weighted by Crippen LogP contribution is 2.47. The number of nitrogens with one attached hydrogen (secondary N) is 2. The topological polar surface area (TPSA) is 36.4 Å². The first-order valence-corrected chi connectivity index (χ1v) is 8.41. The Morgan fingerprint density at radius 3 is 2.32 bits per heavy atom. The van der Waals surface area contributed by atoms with Crippen molar-refractivity contribution in [1.29, 1.82) is 0 Å². The largest absolute Gasteiger partial charge is 0.356 e. The molecule has 2 N–H and O–H groups in total. The summed E-state index contributed by atoms with van der Waals surface area (Å²) in [7, 11) is 1.78. The van der Waals surface area contributed by atoms with E-state index in [0.717, 1.165) is 25.3 Å². The van der Waals surface area contributed by atoms with E-state index in [4.69, 9.17) is 0 Å². The molecule has 0 heterocycles. The maximum atomic E-state index is 13.1. The first-order chi connectivity index (χ1) is 11.6. The van der Waals surface area contributed by atoms with E-state index in [9.17, 15) is 4.39 Å². The fourth-order valence-electron chi connectivity index (χ4n) is 3.00. The third kappa shape index (κ3) is 4.93. The first kappa shape index (κ1) is 19.7. The van der Waals surface area contributed by atoms with Gasteiger partial charge in [-0.05, 0) is 43.0 Å². The number of hydrogen-bond donors (Lipinski definition) is 2. The highest BCUT2D eigenvalue weighted by Gasteiger charge is 2.44. The minimum atomic E-state index is -0.184. The molecule has 0 bridgehead atoms. The molecule has 0 radical (unpaired) electrons. The van der Waals surface area contributed by atoms with E-state index in [0.29, 0.717) is 0 Å². The van der Waals surface area contributed by atoms with Crippen molar-refractivity contribution in [3.05, 3.63) is 71.5 Å². The molecule has 2 aromatic rings. The summed E-state index contributed by atoms with van der Waals surface area (Å²) in [6, 6.07) is 17.4. The van der Waals surface area contributed by atoms with Gasteiger partial charge in [-0.1, -0.05) is 42.5 Å². The average Bonchev–Trinajstić information content (AvgIpc) is 3.41. The summed E-state index contributed by atoms with van der Waals surface area (Å²) >= 11 is 0. The molecule has 1 saturated carbocycles. The summed E-state index contributed by atoms with van der Waals surface area (Å²) in [5, 5.41) is 6.85. The van der Waals surface area contributed by atoms with Crippen molar-refractivity contribution in [2.24, 2.45) is 4.99 Å². The Morgan fingerprint density at radius 1 is 1.12 bits per heavy atom. The molecule has 0 aliphatic heterocycles. The summed E-state index contributed by atoms with van der Waals surface area (Å²) < 4.78 is 13.1. The summed E-state index contributed by atoms with van der Waals surface area (Å²) in [6.07, 6.45) is 2.24. The minimum absolute atomic E-state index is 0. The van der Waals surface area contributed by atoms with Gasteiger partial charge in [-0.15, -0.1) is 24.0 Å². The molecule has 2 aromatic carbocycles. The number of benzene rings is 2. The van der Waals surface area contributed by atoms with Gasteiger partial charge in [-0.2, -0.15) is 0 Å². The van der Waals surface area contributed by atoms with E-state index >= 15 is 0 Å². The minimum Gasteiger partial charge on any atom is -0.356 e. The Balaban J connectivity index is 0.00000225. The number of rotatable bonds is 5. The van der Waals surface area contributed by atoms with Crippen LogP contribution in [0.3, 0.4) is 0 Å². The van der Waals surface area contributed by atoms with Gasteiger partial charge in [0.2, 0.25) is 0 Å². The molecule has 0 spiro atoms. The summed E-state index contributed by atoms with van der Waals surface area (Å²) in [6.45, 7) is 2.93. The molecule has 0 saturated heterocycles. The molecule has 134 valence electrons. The van der Waals surface area contributed by atoms with Crippen LogP contribution < -0.4 is 10.6 Å². The van der Waals surface area contributed by atoms with Crippen LogP contribution in [0.5, 0.6) is 0 Å². The van der Waals surface area contributed by atoms with Gasteiger partial charge in [-0.3, -0.25) is 4.99 Å². The molecule has 0 aromatic heterocycles. The van der Waals surface area contributed by atoms with Crippen LogP contribution in [0.2, 0.25) is 0 Å². The highest BCUT2D eigenvalue weighted by atomic mass is 127. The lowest BCUT2D eigenvalue weighted by molar-refractivity contribution is 0.612. The summed E-state index contributed by atoms with van der Waals surface area (Å²) in [5.41, 5.74) is 2.53. The first-order valence-electron chi connectivity index (χ1n) is 8.41. The lowest BCUT2D eigenvalue weighted by Gasteiger charge is -2.22. The maximum Gasteiger partial charge on any atom is 0.191 e. The fraction of sp³-hybridized carbons (Fsp3) is 0.350. The molecule has 3 nitrogen and oxygen atoms in total. The van der Waals surface area contributed by atoms with Crippen molar-refractivity contribution in [1.82, 2.24) is 10.6 Å². The van der Waals surface area contributed by atoms with Gasteiger partial charge in [-0.25, -0.2) is 4.39 Å². The Labute approximate surface area is 166 Å². The maximum absolute atomic E-state index is 13.1. The van der Waals surface area contributed by atoms with Crippen molar-refractivity contribution in [3.63, 3.8) is 0 Å². The van der Waals surface area contributed by atoms with E-state index in [2.05, 4.69) is 34.7 Å². The van der Waals surface area contributed by atoms with Crippen molar-refractivity contribution in [2.75, 3.05) is 13.6 Å². The Kier molecular flexibility index (Phi) is 6.81. The quantitative estimate of drug-likeness (QED) is 0.400. The molecule has 25 heavy (non-hydrogen) atoms. The highest BCUT2D eigenvalue weighted by molar-refractivity contribution is 14.0. The van der Waals surface area contributed by atoms with Crippen LogP contribution in [0.25, 0.3) is 0 Å². The molecule has 1 atom stereocenters. The van der Waals surface area contributed by atoms with Crippen LogP contribution in [0.4, 0.5) is 4.39 Å². The van der Waals surface area contributed by atoms with Crippen molar-refractivity contribution in [2.45, 2.75) is 31.2 Å². The number of guanidine groups is 1. The molecular formula is C20H25FIN3. The van der Waals surface area contributed by atoms with E-state index in [1.807, 2.05) is 30.3 Å². The lowest BCUT2D eigenvalue weighted by atomic mass is 9.96. The van der Waals surface area contributed by atoms with Gasteiger partial charge in [0.25, 0.3) is 0 Å². The predicted molar refractivity (Wildman–Crippen MR) is 112 cm³/mol. The number of halogens is 2. The van der Waals surface area contributed by atoms with Gasteiger partial charge in [0.15, 0.2) is 5.96 Å². The normalized spacial score (nSPS) is 16.5. The van der Waals surface area contributed by atoms with E-state index in [1.165, 1.54) is 11.1 Å². The second-order valence-electron chi connectivity index (χ2n) is 6.49. The summed E-state index contributed by atoms with van der Waals surface area (Å²) in [4.78, 5) is 4.33. The van der Waals surface area contributed by atoms with E-state index in [-0.39, 0.29) is 41.3 Å². The van der Waals surface area contributed by atoms with E-state index in [1.54, 1.807) is 19.2 Å². The van der Waals surface area contributed by atoms with Crippen LogP contribution >= 0.6 is 24.0 Å². The zero-order chi connectivity index (χ0) is 17.0. The third-order valence-corrected chi connectivity index (χ3v) is 4.78. The SMILES string of the molecule is CN=C(NCC1(c2ccc(F)cc2)CC1)NC(C)c1ccccc1.I. The molecule has 1 aliphatic rings. The summed E-state index contributed by atoms with van der Waals surface area (Å²) in [5.74, 6) is 0.608. The Bertz CT molecular complexity index is 697. The van der Waals surface area contributed by atoms with Crippen LogP contribution in [-0.2, 0) is 5.41 Å². The molecule has 1 aliphatic carbocycles. The average molecular weight is 453 g/mol. The number of nitrogens with zero attached hydrogens (tertiary/aromatic N) is 1. The number of aliphatic imine (C=N–C) groups is 1. The Morgan fingerprint density at radius 2 is 1.76 bits per heavy atom. The monoisotopic (exact) mass is 453 g/mol. The third-order valence-electron chi connectivity index (χ3n) is 4.78. The zero-order valence-corrected chi connectivity index (χ0v) is 17.0. The lowest BCUT2D eigenvalue weighted by Crippen LogP contribution is -2.42. The molecule has 1 fully saturated rings. The smallest absolute Gasteiger partial charge is 0.191 e. The Hall–Kier alpha value is -1.63. The van der Waals surface area contributed by atoms with Crippen LogP contribution in [0.1, 0.15) is 36.9 Å². The second kappa shape index (κ2) is 8.65. The molecular weight excluding hydrogens is 428 g/mol. The van der Waals surface area contributed by atoms with Crippen molar-refractivity contribution < 1.29 is 4.39 Å². The van der Waals surface area contributed by atoms with Gasteiger partial charge in [0.1, 0.15) is 5.82 Å². The van der Waals surface area contributed by atoms with E-state index < -0.39 is 0 Å². The standard InChI is InChI=1S/C20H24FN3.HI/c1-15(16-6-4-3-5-7-16)24-19(22-2)23-14-20(12-13-20)17-8-10-18(21)11-9-17;/h3-11,15H,12-14H2,1-2H3,(H2,22,23,24);1H. The van der Waals surface area contributed by atoms with Gasteiger partial charge >= 0.3 is 0 Å². The van der Waals surface area contributed by atoms with Gasteiger partial charge in [0.05, 0.1) is 6.04 Å². The van der Waals surface area contributed by atoms with Crippen molar-refractivity contribution in [3.8, 4) is 0 Å². The van der Waals surface area contributed by atoms with Gasteiger partial charge < -0.3 is 10.6 Å². The number of hydrogen-bond acceptors (Lipinski definition) is 1. The second-order valence-corrected chi connectivity index (χ2v) is 6.49. The molecule has 0 amide bonds. The molecule has 5 heteroatoms. The predicted octanol–water partition coefficient (Wildman–Crippen LogP) is 4.40.